The Balaban J connectivity index is 2.42. The Hall–Kier alpha value is -2.11. The summed E-state index contributed by atoms with van der Waals surface area (Å²) in [6.45, 7) is 3.90. The maximum absolute atomic E-state index is 13.5. The molecule has 0 fully saturated rings. The number of nitrogens with zero attached hydrogens (tertiary/aromatic N) is 1. The fraction of sp³-hybridized carbons (Fsp3) is 0.214. The van der Waals surface area contributed by atoms with Crippen molar-refractivity contribution in [3.63, 3.8) is 0 Å². The highest BCUT2D eigenvalue weighted by atomic mass is 19.2. The number of benzene rings is 1. The second-order valence-corrected chi connectivity index (χ2v) is 4.60. The van der Waals surface area contributed by atoms with Crippen LogP contribution in [-0.2, 0) is 0 Å². The van der Waals surface area contributed by atoms with Gasteiger partial charge in [0.1, 0.15) is 5.69 Å². The molecule has 0 atom stereocenters. The molecule has 6 heteroatoms. The van der Waals surface area contributed by atoms with Crippen LogP contribution in [0, 0.1) is 23.5 Å². The Labute approximate surface area is 113 Å². The molecule has 0 amide bonds. The highest BCUT2D eigenvalue weighted by Gasteiger charge is 2.20. The standard InChI is InChI=1S/C14H12F4N2/c1-7(2)8-4-3-5-9(6-8)19-12-10(15)13(17)20-14(18)11(12)16/h3-7H,1-2H3,(H,19,20). The van der Waals surface area contributed by atoms with Crippen LogP contribution in [0.25, 0.3) is 0 Å². The topological polar surface area (TPSA) is 24.9 Å². The summed E-state index contributed by atoms with van der Waals surface area (Å²) in [5.41, 5.74) is 0.362. The van der Waals surface area contributed by atoms with E-state index in [4.69, 9.17) is 0 Å². The third kappa shape index (κ3) is 2.74. The van der Waals surface area contributed by atoms with Crippen LogP contribution < -0.4 is 5.32 Å². The fourth-order valence-electron chi connectivity index (χ4n) is 1.72. The summed E-state index contributed by atoms with van der Waals surface area (Å²) >= 11 is 0. The van der Waals surface area contributed by atoms with Gasteiger partial charge in [-0.25, -0.2) is 0 Å². The number of hydrogen-bond donors (Lipinski definition) is 1. The molecule has 2 nitrogen and oxygen atoms in total. The first kappa shape index (κ1) is 14.3. The van der Waals surface area contributed by atoms with E-state index < -0.39 is 29.2 Å². The molecule has 0 aliphatic rings. The van der Waals surface area contributed by atoms with Crippen molar-refractivity contribution in [3.8, 4) is 0 Å². The van der Waals surface area contributed by atoms with Crippen LogP contribution in [0.3, 0.4) is 0 Å². The quantitative estimate of drug-likeness (QED) is 0.663. The molecule has 0 saturated heterocycles. The first-order chi connectivity index (χ1) is 9.40. The molecular formula is C14H12F4N2. The molecule has 0 unspecified atom stereocenters. The van der Waals surface area contributed by atoms with Gasteiger partial charge in [0, 0.05) is 5.69 Å². The number of rotatable bonds is 3. The lowest BCUT2D eigenvalue weighted by atomic mass is 10.0. The predicted molar refractivity (Wildman–Crippen MR) is 67.9 cm³/mol. The van der Waals surface area contributed by atoms with Gasteiger partial charge < -0.3 is 5.32 Å². The summed E-state index contributed by atoms with van der Waals surface area (Å²) < 4.78 is 53.0. The van der Waals surface area contributed by atoms with Crippen LogP contribution in [0.2, 0.25) is 0 Å². The van der Waals surface area contributed by atoms with Crippen LogP contribution >= 0.6 is 0 Å². The molecule has 0 aliphatic carbocycles. The highest BCUT2D eigenvalue weighted by molar-refractivity contribution is 5.61. The maximum atomic E-state index is 13.5. The number of pyridine rings is 1. The molecule has 1 N–H and O–H groups in total. The molecule has 2 rings (SSSR count). The Kier molecular flexibility index (Phi) is 3.92. The van der Waals surface area contributed by atoms with Crippen LogP contribution in [-0.4, -0.2) is 4.98 Å². The molecule has 2 aromatic rings. The van der Waals surface area contributed by atoms with Crippen LogP contribution in [0.15, 0.2) is 24.3 Å². The van der Waals surface area contributed by atoms with Gasteiger partial charge >= 0.3 is 0 Å². The van der Waals surface area contributed by atoms with Gasteiger partial charge in [0.05, 0.1) is 0 Å². The largest absolute Gasteiger partial charge is 0.350 e. The smallest absolute Gasteiger partial charge is 0.253 e. The van der Waals surface area contributed by atoms with E-state index in [1.807, 2.05) is 19.9 Å². The SMILES string of the molecule is CC(C)c1cccc(Nc2c(F)c(F)nc(F)c2F)c1. The van der Waals surface area contributed by atoms with E-state index in [0.29, 0.717) is 5.69 Å². The summed E-state index contributed by atoms with van der Waals surface area (Å²) in [5.74, 6) is -6.28. The maximum Gasteiger partial charge on any atom is 0.253 e. The van der Waals surface area contributed by atoms with Crippen molar-refractivity contribution in [2.75, 3.05) is 5.32 Å². The second-order valence-electron chi connectivity index (χ2n) is 4.60. The predicted octanol–water partition coefficient (Wildman–Crippen LogP) is 4.51. The van der Waals surface area contributed by atoms with E-state index in [1.165, 1.54) is 0 Å². The Morgan fingerprint density at radius 1 is 1.00 bits per heavy atom. The number of nitrogens with one attached hydrogen (secondary N) is 1. The van der Waals surface area contributed by atoms with Gasteiger partial charge in [-0.2, -0.15) is 22.5 Å². The Bertz CT molecular complexity index is 615. The average molecular weight is 284 g/mol. The van der Waals surface area contributed by atoms with Crippen molar-refractivity contribution in [2.24, 2.45) is 0 Å². The lowest BCUT2D eigenvalue weighted by Crippen LogP contribution is -2.06. The lowest BCUT2D eigenvalue weighted by Gasteiger charge is -2.12. The molecule has 106 valence electrons. The summed E-state index contributed by atoms with van der Waals surface area (Å²) in [6, 6.07) is 6.72. The van der Waals surface area contributed by atoms with Crippen molar-refractivity contribution in [1.82, 2.24) is 4.98 Å². The van der Waals surface area contributed by atoms with Crippen LogP contribution in [0.5, 0.6) is 0 Å². The zero-order valence-electron chi connectivity index (χ0n) is 10.8. The molecule has 0 bridgehead atoms. The number of hydrogen-bond acceptors (Lipinski definition) is 2. The molecule has 1 aromatic carbocycles. The van der Waals surface area contributed by atoms with E-state index in [9.17, 15) is 17.6 Å². The van der Waals surface area contributed by atoms with Gasteiger partial charge in [-0.1, -0.05) is 26.0 Å². The average Bonchev–Trinajstić information content (AvgIpc) is 2.42. The van der Waals surface area contributed by atoms with Gasteiger partial charge in [0.15, 0.2) is 0 Å². The normalized spacial score (nSPS) is 10.9. The molecule has 0 aliphatic heterocycles. The van der Waals surface area contributed by atoms with E-state index >= 15 is 0 Å². The van der Waals surface area contributed by atoms with Crippen molar-refractivity contribution in [1.29, 1.82) is 0 Å². The molecule has 0 spiro atoms. The molecule has 1 aromatic heterocycles. The fourth-order valence-corrected chi connectivity index (χ4v) is 1.72. The van der Waals surface area contributed by atoms with Gasteiger partial charge in [-0.3, -0.25) is 0 Å². The molecule has 0 radical (unpaired) electrons. The van der Waals surface area contributed by atoms with E-state index in [-0.39, 0.29) is 5.92 Å². The van der Waals surface area contributed by atoms with Gasteiger partial charge in [0.25, 0.3) is 11.9 Å². The minimum absolute atomic E-state index is 0.206. The van der Waals surface area contributed by atoms with E-state index in [2.05, 4.69) is 10.3 Å². The zero-order chi connectivity index (χ0) is 14.9. The Morgan fingerprint density at radius 3 is 2.15 bits per heavy atom. The first-order valence-corrected chi connectivity index (χ1v) is 5.97. The molecule has 20 heavy (non-hydrogen) atoms. The monoisotopic (exact) mass is 284 g/mol. The number of aromatic nitrogens is 1. The van der Waals surface area contributed by atoms with Crippen LogP contribution in [0.1, 0.15) is 25.3 Å². The molecular weight excluding hydrogens is 272 g/mol. The second kappa shape index (κ2) is 5.48. The van der Waals surface area contributed by atoms with Crippen molar-refractivity contribution in [3.05, 3.63) is 53.4 Å². The summed E-state index contributed by atoms with van der Waals surface area (Å²) in [4.78, 5) is 2.50. The third-order valence-electron chi connectivity index (χ3n) is 2.82. The Morgan fingerprint density at radius 2 is 1.60 bits per heavy atom. The van der Waals surface area contributed by atoms with Crippen molar-refractivity contribution in [2.45, 2.75) is 19.8 Å². The van der Waals surface area contributed by atoms with Gasteiger partial charge in [-0.15, -0.1) is 0 Å². The molecule has 0 saturated carbocycles. The lowest BCUT2D eigenvalue weighted by molar-refractivity contribution is 0.411. The number of halogens is 4. The first-order valence-electron chi connectivity index (χ1n) is 5.97. The van der Waals surface area contributed by atoms with Gasteiger partial charge in [-0.05, 0) is 23.6 Å². The minimum Gasteiger partial charge on any atom is -0.350 e. The van der Waals surface area contributed by atoms with E-state index in [0.717, 1.165) is 5.56 Å². The highest BCUT2D eigenvalue weighted by Crippen LogP contribution is 2.27. The van der Waals surface area contributed by atoms with Crippen molar-refractivity contribution < 1.29 is 17.6 Å². The van der Waals surface area contributed by atoms with E-state index in [1.54, 1.807) is 18.2 Å². The summed E-state index contributed by atoms with van der Waals surface area (Å²) in [6.07, 6.45) is 0. The summed E-state index contributed by atoms with van der Waals surface area (Å²) in [5, 5.41) is 2.35. The van der Waals surface area contributed by atoms with Gasteiger partial charge in [0.2, 0.25) is 11.6 Å². The zero-order valence-corrected chi connectivity index (χ0v) is 10.8. The van der Waals surface area contributed by atoms with Crippen LogP contribution in [0.4, 0.5) is 28.9 Å². The third-order valence-corrected chi connectivity index (χ3v) is 2.82. The minimum atomic E-state index is -1.69. The summed E-state index contributed by atoms with van der Waals surface area (Å²) in [7, 11) is 0. The number of anilines is 2. The molecule has 1 heterocycles. The van der Waals surface area contributed by atoms with Crippen molar-refractivity contribution >= 4 is 11.4 Å².